The highest BCUT2D eigenvalue weighted by Crippen LogP contribution is 2.30. The molecule has 0 aliphatic heterocycles. The van der Waals surface area contributed by atoms with Crippen LogP contribution in [0, 0.1) is 6.92 Å². The van der Waals surface area contributed by atoms with Gasteiger partial charge in [-0.2, -0.15) is 13.2 Å². The number of nitrogens with zero attached hydrogens (tertiary/aromatic N) is 2. The Morgan fingerprint density at radius 1 is 1.30 bits per heavy atom. The van der Waals surface area contributed by atoms with Crippen LogP contribution in [0.25, 0.3) is 0 Å². The number of rotatable bonds is 7. The van der Waals surface area contributed by atoms with Crippen LogP contribution in [0.5, 0.6) is 5.75 Å². The third kappa shape index (κ3) is 6.42. The van der Waals surface area contributed by atoms with E-state index in [9.17, 15) is 13.2 Å². The summed E-state index contributed by atoms with van der Waals surface area (Å²) in [5.41, 5.74) is 1.28. The maximum absolute atomic E-state index is 12.6. The van der Waals surface area contributed by atoms with Crippen LogP contribution in [0.2, 0.25) is 0 Å². The molecule has 1 aromatic carbocycles. The molecule has 0 radical (unpaired) electrons. The standard InChI is InChI=1S/C18H23F3N4OS/c1-4-26-14-9-12(2)5-6-13(14)10-24-17(22-3)23-8-7-16-25-15(11-27-16)18(19,20)21/h5-6,9,11H,4,7-8,10H2,1-3H3,(H2,22,23,24). The first-order valence-electron chi connectivity index (χ1n) is 8.52. The smallest absolute Gasteiger partial charge is 0.434 e. The minimum absolute atomic E-state index is 0.385. The maximum atomic E-state index is 12.6. The van der Waals surface area contributed by atoms with E-state index in [4.69, 9.17) is 4.74 Å². The molecule has 0 saturated carbocycles. The molecule has 1 aromatic heterocycles. The van der Waals surface area contributed by atoms with E-state index in [1.165, 1.54) is 0 Å². The van der Waals surface area contributed by atoms with Crippen LogP contribution >= 0.6 is 11.3 Å². The van der Waals surface area contributed by atoms with Crippen molar-refractivity contribution < 1.29 is 17.9 Å². The third-order valence-electron chi connectivity index (χ3n) is 3.67. The number of hydrogen-bond acceptors (Lipinski definition) is 4. The summed E-state index contributed by atoms with van der Waals surface area (Å²) in [6, 6.07) is 5.99. The van der Waals surface area contributed by atoms with Gasteiger partial charge in [-0.05, 0) is 25.5 Å². The van der Waals surface area contributed by atoms with Gasteiger partial charge >= 0.3 is 6.18 Å². The number of guanidine groups is 1. The average Bonchev–Trinajstić information content (AvgIpc) is 3.09. The Balaban J connectivity index is 1.85. The van der Waals surface area contributed by atoms with Crippen molar-refractivity contribution in [2.45, 2.75) is 33.0 Å². The lowest BCUT2D eigenvalue weighted by molar-refractivity contribution is -0.140. The number of aromatic nitrogens is 1. The molecule has 2 rings (SSSR count). The van der Waals surface area contributed by atoms with Crippen LogP contribution in [0.4, 0.5) is 13.2 Å². The highest BCUT2D eigenvalue weighted by molar-refractivity contribution is 7.09. The number of aliphatic imine (C=N–C) groups is 1. The van der Waals surface area contributed by atoms with Crippen LogP contribution in [0.3, 0.4) is 0 Å². The quantitative estimate of drug-likeness (QED) is 0.549. The Labute approximate surface area is 160 Å². The second kappa shape index (κ2) is 9.59. The summed E-state index contributed by atoms with van der Waals surface area (Å²) < 4.78 is 43.4. The van der Waals surface area contributed by atoms with E-state index in [0.29, 0.717) is 37.1 Å². The fraction of sp³-hybridized carbons (Fsp3) is 0.444. The lowest BCUT2D eigenvalue weighted by Crippen LogP contribution is -2.37. The van der Waals surface area contributed by atoms with Crippen molar-refractivity contribution in [1.29, 1.82) is 0 Å². The normalized spacial score (nSPS) is 12.1. The van der Waals surface area contributed by atoms with Crippen molar-refractivity contribution in [1.82, 2.24) is 15.6 Å². The van der Waals surface area contributed by atoms with Gasteiger partial charge in [0.05, 0.1) is 11.6 Å². The van der Waals surface area contributed by atoms with E-state index in [1.54, 1.807) is 7.05 Å². The predicted octanol–water partition coefficient (Wildman–Crippen LogP) is 3.78. The Hall–Kier alpha value is -2.29. The second-order valence-corrected chi connectivity index (χ2v) is 6.71. The van der Waals surface area contributed by atoms with Gasteiger partial charge in [-0.25, -0.2) is 4.98 Å². The minimum atomic E-state index is -4.40. The van der Waals surface area contributed by atoms with Gasteiger partial charge in [-0.3, -0.25) is 4.99 Å². The number of hydrogen-bond donors (Lipinski definition) is 2. The van der Waals surface area contributed by atoms with Crippen LogP contribution in [0.1, 0.15) is 28.8 Å². The van der Waals surface area contributed by atoms with E-state index in [0.717, 1.165) is 33.6 Å². The lowest BCUT2D eigenvalue weighted by atomic mass is 10.1. The maximum Gasteiger partial charge on any atom is 0.434 e. The Bertz CT molecular complexity index is 774. The monoisotopic (exact) mass is 400 g/mol. The molecule has 0 unspecified atom stereocenters. The summed E-state index contributed by atoms with van der Waals surface area (Å²) in [7, 11) is 1.64. The van der Waals surface area contributed by atoms with Crippen molar-refractivity contribution in [3.8, 4) is 5.75 Å². The number of ether oxygens (including phenoxy) is 1. The first-order chi connectivity index (χ1) is 12.8. The SMILES string of the molecule is CCOc1cc(C)ccc1CNC(=NC)NCCc1nc(C(F)(F)F)cs1. The second-order valence-electron chi connectivity index (χ2n) is 5.77. The topological polar surface area (TPSA) is 58.5 Å². The first kappa shape index (κ1) is 21.0. The number of nitrogens with one attached hydrogen (secondary N) is 2. The molecule has 0 bridgehead atoms. The fourth-order valence-corrected chi connectivity index (χ4v) is 3.15. The van der Waals surface area contributed by atoms with Gasteiger partial charge in [0.2, 0.25) is 0 Å². The number of alkyl halides is 3. The summed E-state index contributed by atoms with van der Waals surface area (Å²) >= 11 is 1.01. The van der Waals surface area contributed by atoms with Crippen molar-refractivity contribution in [2.75, 3.05) is 20.2 Å². The molecule has 0 spiro atoms. The zero-order valence-electron chi connectivity index (χ0n) is 15.5. The van der Waals surface area contributed by atoms with E-state index >= 15 is 0 Å². The van der Waals surface area contributed by atoms with Crippen LogP contribution in [-0.4, -0.2) is 31.1 Å². The highest BCUT2D eigenvalue weighted by atomic mass is 32.1. The van der Waals surface area contributed by atoms with Crippen molar-refractivity contribution >= 4 is 17.3 Å². The van der Waals surface area contributed by atoms with Crippen molar-refractivity contribution in [3.63, 3.8) is 0 Å². The van der Waals surface area contributed by atoms with E-state index in [2.05, 4.69) is 20.6 Å². The van der Waals surface area contributed by atoms with Crippen LogP contribution in [-0.2, 0) is 19.1 Å². The molecule has 1 heterocycles. The number of benzene rings is 1. The molecule has 0 aliphatic rings. The van der Waals surface area contributed by atoms with E-state index in [1.807, 2.05) is 32.0 Å². The molecule has 0 amide bonds. The lowest BCUT2D eigenvalue weighted by Gasteiger charge is -2.14. The van der Waals surface area contributed by atoms with Gasteiger partial charge in [0.15, 0.2) is 11.7 Å². The molecule has 0 fully saturated rings. The summed E-state index contributed by atoms with van der Waals surface area (Å²) in [5, 5.41) is 7.73. The molecule has 5 nitrogen and oxygen atoms in total. The zero-order chi connectivity index (χ0) is 19.9. The number of aryl methyl sites for hydroxylation is 1. The fourth-order valence-electron chi connectivity index (χ4n) is 2.34. The van der Waals surface area contributed by atoms with Crippen LogP contribution in [0.15, 0.2) is 28.6 Å². The Morgan fingerprint density at radius 2 is 2.07 bits per heavy atom. The third-order valence-corrected chi connectivity index (χ3v) is 4.57. The summed E-state index contributed by atoms with van der Waals surface area (Å²) in [5.74, 6) is 1.38. The molecule has 27 heavy (non-hydrogen) atoms. The van der Waals surface area contributed by atoms with Gasteiger partial charge in [0, 0.05) is 37.5 Å². The Morgan fingerprint density at radius 3 is 2.70 bits per heavy atom. The number of halogens is 3. The zero-order valence-corrected chi connectivity index (χ0v) is 16.3. The molecule has 9 heteroatoms. The summed E-state index contributed by atoms with van der Waals surface area (Å²) in [6.07, 6.45) is -4.01. The largest absolute Gasteiger partial charge is 0.494 e. The molecule has 0 saturated heterocycles. The van der Waals surface area contributed by atoms with E-state index < -0.39 is 11.9 Å². The van der Waals surface area contributed by atoms with Crippen molar-refractivity contribution in [2.24, 2.45) is 4.99 Å². The predicted molar refractivity (Wildman–Crippen MR) is 101 cm³/mol. The van der Waals surface area contributed by atoms with E-state index in [-0.39, 0.29) is 0 Å². The molecular weight excluding hydrogens is 377 g/mol. The highest BCUT2D eigenvalue weighted by Gasteiger charge is 2.33. The van der Waals surface area contributed by atoms with Gasteiger partial charge in [-0.15, -0.1) is 11.3 Å². The molecule has 0 atom stereocenters. The molecule has 2 N–H and O–H groups in total. The number of thiazole rings is 1. The summed E-state index contributed by atoms with van der Waals surface area (Å²) in [6.45, 7) is 5.46. The molecular formula is C18H23F3N4OS. The molecule has 2 aromatic rings. The molecule has 148 valence electrons. The van der Waals surface area contributed by atoms with Crippen LogP contribution < -0.4 is 15.4 Å². The van der Waals surface area contributed by atoms with Gasteiger partial charge in [-0.1, -0.05) is 12.1 Å². The van der Waals surface area contributed by atoms with Gasteiger partial charge in [0.1, 0.15) is 5.75 Å². The average molecular weight is 400 g/mol. The first-order valence-corrected chi connectivity index (χ1v) is 9.40. The minimum Gasteiger partial charge on any atom is -0.494 e. The van der Waals surface area contributed by atoms with Gasteiger partial charge in [0.25, 0.3) is 0 Å². The van der Waals surface area contributed by atoms with Crippen molar-refractivity contribution in [3.05, 3.63) is 45.4 Å². The van der Waals surface area contributed by atoms with Gasteiger partial charge < -0.3 is 15.4 Å². The Kier molecular flexibility index (Phi) is 7.46. The molecule has 0 aliphatic carbocycles. The summed E-state index contributed by atoms with van der Waals surface area (Å²) in [4.78, 5) is 7.74.